The predicted octanol–water partition coefficient (Wildman–Crippen LogP) is 0.437. The minimum atomic E-state index is -1.09. The number of amides is 1. The fourth-order valence-electron chi connectivity index (χ4n) is 1.53. The summed E-state index contributed by atoms with van der Waals surface area (Å²) in [7, 11) is 1.43. The van der Waals surface area contributed by atoms with Crippen LogP contribution in [0.4, 0.5) is 0 Å². The van der Waals surface area contributed by atoms with E-state index < -0.39 is 17.4 Å². The molecule has 1 aliphatic carbocycles. The second-order valence-corrected chi connectivity index (χ2v) is 3.92. The first-order valence-electron chi connectivity index (χ1n) is 5.13. The third-order valence-electron chi connectivity index (χ3n) is 2.76. The average Bonchev–Trinajstić information content (AvgIpc) is 3.10. The highest BCUT2D eigenvalue weighted by atomic mass is 16.5. The van der Waals surface area contributed by atoms with Crippen LogP contribution < -0.4 is 10.1 Å². The lowest BCUT2D eigenvalue weighted by molar-refractivity contribution is -0.140. The molecule has 0 aromatic carbocycles. The van der Waals surface area contributed by atoms with E-state index in [4.69, 9.17) is 9.84 Å². The van der Waals surface area contributed by atoms with E-state index in [9.17, 15) is 9.59 Å². The number of rotatable bonds is 4. The minimum absolute atomic E-state index is 0.287. The number of carbonyl (C=O) groups excluding carboxylic acids is 1. The Morgan fingerprint density at radius 1 is 1.53 bits per heavy atom. The van der Waals surface area contributed by atoms with Crippen LogP contribution in [0.3, 0.4) is 0 Å². The molecule has 6 heteroatoms. The third-order valence-corrected chi connectivity index (χ3v) is 2.76. The van der Waals surface area contributed by atoms with Crippen molar-refractivity contribution >= 4 is 11.9 Å². The molecule has 17 heavy (non-hydrogen) atoms. The SMILES string of the molecule is COc1cnccc1C(=O)NC1(C(=O)O)CC1. The van der Waals surface area contributed by atoms with E-state index in [0.717, 1.165) is 0 Å². The summed E-state index contributed by atoms with van der Waals surface area (Å²) in [5.74, 6) is -1.13. The number of nitrogens with one attached hydrogen (secondary N) is 1. The lowest BCUT2D eigenvalue weighted by atomic mass is 10.2. The number of pyridine rings is 1. The number of carboxylic acids is 1. The molecule has 0 atom stereocenters. The molecule has 1 amide bonds. The molecule has 1 aromatic heterocycles. The van der Waals surface area contributed by atoms with Crippen molar-refractivity contribution in [1.29, 1.82) is 0 Å². The molecule has 0 radical (unpaired) electrons. The Balaban J connectivity index is 2.18. The fraction of sp³-hybridized carbons (Fsp3) is 0.364. The molecule has 1 aromatic rings. The Morgan fingerprint density at radius 3 is 2.76 bits per heavy atom. The molecule has 2 rings (SSSR count). The van der Waals surface area contributed by atoms with Gasteiger partial charge >= 0.3 is 5.97 Å². The van der Waals surface area contributed by atoms with Crippen molar-refractivity contribution in [2.45, 2.75) is 18.4 Å². The van der Waals surface area contributed by atoms with Crippen LogP contribution in [0.1, 0.15) is 23.2 Å². The van der Waals surface area contributed by atoms with Crippen LogP contribution in [0, 0.1) is 0 Å². The van der Waals surface area contributed by atoms with Gasteiger partial charge in [0.1, 0.15) is 11.3 Å². The average molecular weight is 236 g/mol. The van der Waals surface area contributed by atoms with E-state index in [2.05, 4.69) is 10.3 Å². The van der Waals surface area contributed by atoms with Crippen molar-refractivity contribution < 1.29 is 19.4 Å². The number of nitrogens with zero attached hydrogens (tertiary/aromatic N) is 1. The predicted molar refractivity (Wildman–Crippen MR) is 57.9 cm³/mol. The number of hydrogen-bond acceptors (Lipinski definition) is 4. The first-order chi connectivity index (χ1) is 8.09. The van der Waals surface area contributed by atoms with Gasteiger partial charge in [0.25, 0.3) is 5.91 Å². The number of carboxylic acid groups (broad SMARTS) is 1. The summed E-state index contributed by atoms with van der Waals surface area (Å²) in [5, 5.41) is 11.5. The van der Waals surface area contributed by atoms with Crippen LogP contribution in [0.5, 0.6) is 5.75 Å². The molecule has 0 saturated heterocycles. The van der Waals surface area contributed by atoms with Gasteiger partial charge in [0, 0.05) is 6.20 Å². The Bertz CT molecular complexity index is 468. The first kappa shape index (κ1) is 11.4. The van der Waals surface area contributed by atoms with Gasteiger partial charge in [-0.1, -0.05) is 0 Å². The number of aliphatic carboxylic acids is 1. The molecule has 0 unspecified atom stereocenters. The van der Waals surface area contributed by atoms with E-state index in [-0.39, 0.29) is 5.56 Å². The highest BCUT2D eigenvalue weighted by Gasteiger charge is 2.51. The number of ether oxygens (including phenoxy) is 1. The molecular formula is C11H12N2O4. The molecule has 1 saturated carbocycles. The maximum Gasteiger partial charge on any atom is 0.329 e. The van der Waals surface area contributed by atoms with E-state index >= 15 is 0 Å². The van der Waals surface area contributed by atoms with E-state index in [0.29, 0.717) is 18.6 Å². The van der Waals surface area contributed by atoms with Crippen LogP contribution in [-0.2, 0) is 4.79 Å². The summed E-state index contributed by atoms with van der Waals surface area (Å²) in [5.41, 5.74) is -0.805. The van der Waals surface area contributed by atoms with Crippen LogP contribution in [0.25, 0.3) is 0 Å². The zero-order valence-corrected chi connectivity index (χ0v) is 9.27. The zero-order chi connectivity index (χ0) is 12.5. The molecule has 0 spiro atoms. The topological polar surface area (TPSA) is 88.5 Å². The highest BCUT2D eigenvalue weighted by molar-refractivity contribution is 6.00. The van der Waals surface area contributed by atoms with Crippen LogP contribution in [0.2, 0.25) is 0 Å². The highest BCUT2D eigenvalue weighted by Crippen LogP contribution is 2.36. The van der Waals surface area contributed by atoms with Gasteiger partial charge in [-0.2, -0.15) is 0 Å². The molecular weight excluding hydrogens is 224 g/mol. The molecule has 1 heterocycles. The van der Waals surface area contributed by atoms with Crippen molar-refractivity contribution in [1.82, 2.24) is 10.3 Å². The quantitative estimate of drug-likeness (QED) is 0.791. The largest absolute Gasteiger partial charge is 0.494 e. The van der Waals surface area contributed by atoms with Crippen molar-refractivity contribution in [2.24, 2.45) is 0 Å². The lowest BCUT2D eigenvalue weighted by Gasteiger charge is -2.13. The Morgan fingerprint density at radius 2 is 2.24 bits per heavy atom. The maximum absolute atomic E-state index is 11.9. The molecule has 1 fully saturated rings. The molecule has 0 aliphatic heterocycles. The van der Waals surface area contributed by atoms with Crippen LogP contribution >= 0.6 is 0 Å². The van der Waals surface area contributed by atoms with Gasteiger partial charge in [0.15, 0.2) is 0 Å². The molecule has 1 aliphatic rings. The monoisotopic (exact) mass is 236 g/mol. The van der Waals surface area contributed by atoms with Gasteiger partial charge < -0.3 is 15.2 Å². The van der Waals surface area contributed by atoms with Crippen molar-refractivity contribution in [3.63, 3.8) is 0 Å². The Labute approximate surface area is 97.6 Å². The normalized spacial score (nSPS) is 16.1. The molecule has 90 valence electrons. The van der Waals surface area contributed by atoms with Gasteiger partial charge in [0.2, 0.25) is 0 Å². The third kappa shape index (κ3) is 2.06. The molecule has 6 nitrogen and oxygen atoms in total. The lowest BCUT2D eigenvalue weighted by Crippen LogP contribution is -2.43. The van der Waals surface area contributed by atoms with Gasteiger partial charge in [0.05, 0.1) is 18.9 Å². The van der Waals surface area contributed by atoms with E-state index in [1.54, 1.807) is 0 Å². The van der Waals surface area contributed by atoms with Crippen molar-refractivity contribution in [3.8, 4) is 5.75 Å². The summed E-state index contributed by atoms with van der Waals surface area (Å²) >= 11 is 0. The summed E-state index contributed by atoms with van der Waals surface area (Å²) < 4.78 is 4.99. The molecule has 2 N–H and O–H groups in total. The summed E-state index contributed by atoms with van der Waals surface area (Å²) in [6.45, 7) is 0. The van der Waals surface area contributed by atoms with Crippen molar-refractivity contribution in [3.05, 3.63) is 24.0 Å². The number of hydrogen-bond donors (Lipinski definition) is 2. The number of aromatic nitrogens is 1. The molecule has 0 bridgehead atoms. The zero-order valence-electron chi connectivity index (χ0n) is 9.27. The van der Waals surface area contributed by atoms with Crippen LogP contribution in [0.15, 0.2) is 18.5 Å². The Hall–Kier alpha value is -2.11. The van der Waals surface area contributed by atoms with Gasteiger partial charge in [-0.25, -0.2) is 4.79 Å². The van der Waals surface area contributed by atoms with Gasteiger partial charge in [-0.15, -0.1) is 0 Å². The second-order valence-electron chi connectivity index (χ2n) is 3.92. The smallest absolute Gasteiger partial charge is 0.329 e. The standard InChI is InChI=1S/C11H12N2O4/c1-17-8-6-12-5-2-7(8)9(14)13-11(3-4-11)10(15)16/h2,5-6H,3-4H2,1H3,(H,13,14)(H,15,16). The fourth-order valence-corrected chi connectivity index (χ4v) is 1.53. The second kappa shape index (κ2) is 4.04. The summed E-state index contributed by atoms with van der Waals surface area (Å²) in [6.07, 6.45) is 3.79. The van der Waals surface area contributed by atoms with Gasteiger partial charge in [-0.3, -0.25) is 9.78 Å². The van der Waals surface area contributed by atoms with E-state index in [1.807, 2.05) is 0 Å². The van der Waals surface area contributed by atoms with E-state index in [1.165, 1.54) is 25.6 Å². The first-order valence-corrected chi connectivity index (χ1v) is 5.13. The number of methoxy groups -OCH3 is 1. The summed E-state index contributed by atoms with van der Waals surface area (Å²) in [6, 6.07) is 1.49. The number of carbonyl (C=O) groups is 2. The van der Waals surface area contributed by atoms with Crippen molar-refractivity contribution in [2.75, 3.05) is 7.11 Å². The summed E-state index contributed by atoms with van der Waals surface area (Å²) in [4.78, 5) is 26.7. The Kier molecular flexibility index (Phi) is 2.71. The maximum atomic E-state index is 11.9. The van der Waals surface area contributed by atoms with Crippen LogP contribution in [-0.4, -0.2) is 34.6 Å². The van der Waals surface area contributed by atoms with Gasteiger partial charge in [-0.05, 0) is 18.9 Å². The minimum Gasteiger partial charge on any atom is -0.494 e.